The Hall–Kier alpha value is -1.42. The van der Waals surface area contributed by atoms with Crippen molar-refractivity contribution in [3.8, 4) is 6.07 Å². The predicted octanol–water partition coefficient (Wildman–Crippen LogP) is 0.897. The van der Waals surface area contributed by atoms with Crippen LogP contribution in [0.15, 0.2) is 23.1 Å². The van der Waals surface area contributed by atoms with Crippen molar-refractivity contribution in [3.63, 3.8) is 0 Å². The summed E-state index contributed by atoms with van der Waals surface area (Å²) < 4.78 is 27.0. The summed E-state index contributed by atoms with van der Waals surface area (Å²) in [4.78, 5) is 0.240. The Morgan fingerprint density at radius 2 is 2.32 bits per heavy atom. The largest absolute Gasteiger partial charge is 0.313 e. The van der Waals surface area contributed by atoms with Gasteiger partial charge in [0, 0.05) is 12.6 Å². The number of hydrogen-bond acceptors (Lipinski definition) is 4. The highest BCUT2D eigenvalue weighted by Gasteiger charge is 2.20. The molecule has 1 aromatic rings. The van der Waals surface area contributed by atoms with Gasteiger partial charge in [0.1, 0.15) is 0 Å². The lowest BCUT2D eigenvalue weighted by atomic mass is 10.2. The van der Waals surface area contributed by atoms with Crippen LogP contribution in [0.5, 0.6) is 0 Å². The molecule has 2 N–H and O–H groups in total. The standard InChI is InChI=1S/C13H17N3O2S/c1-10-7-11(8-14)4-5-13(10)19(17,18)16-9-12-3-2-6-15-12/h4-5,7,12,15-16H,2-3,6,9H2,1H3. The van der Waals surface area contributed by atoms with E-state index in [2.05, 4.69) is 10.0 Å². The molecule has 1 heterocycles. The molecule has 1 atom stereocenters. The van der Waals surface area contributed by atoms with Crippen molar-refractivity contribution >= 4 is 10.0 Å². The lowest BCUT2D eigenvalue weighted by Crippen LogP contribution is -2.37. The first-order valence-corrected chi connectivity index (χ1v) is 7.75. The van der Waals surface area contributed by atoms with Crippen LogP contribution in [0.2, 0.25) is 0 Å². The summed E-state index contributed by atoms with van der Waals surface area (Å²) in [7, 11) is -3.50. The van der Waals surface area contributed by atoms with Gasteiger partial charge in [-0.05, 0) is 50.1 Å². The monoisotopic (exact) mass is 279 g/mol. The molecule has 1 aromatic carbocycles. The molecule has 0 saturated carbocycles. The van der Waals surface area contributed by atoms with Gasteiger partial charge < -0.3 is 5.32 Å². The van der Waals surface area contributed by atoms with E-state index in [4.69, 9.17) is 5.26 Å². The zero-order valence-corrected chi connectivity index (χ0v) is 11.6. The highest BCUT2D eigenvalue weighted by Crippen LogP contribution is 2.16. The molecule has 0 spiro atoms. The maximum atomic E-state index is 12.2. The average molecular weight is 279 g/mol. The molecule has 1 fully saturated rings. The second-order valence-electron chi connectivity index (χ2n) is 4.74. The van der Waals surface area contributed by atoms with Crippen molar-refractivity contribution in [2.24, 2.45) is 0 Å². The van der Waals surface area contributed by atoms with Crippen molar-refractivity contribution in [2.75, 3.05) is 13.1 Å². The zero-order valence-electron chi connectivity index (χ0n) is 10.8. The van der Waals surface area contributed by atoms with Crippen molar-refractivity contribution in [1.82, 2.24) is 10.0 Å². The fourth-order valence-corrected chi connectivity index (χ4v) is 3.55. The Labute approximate surface area is 113 Å². The van der Waals surface area contributed by atoms with E-state index >= 15 is 0 Å². The van der Waals surface area contributed by atoms with Crippen LogP contribution in [0.1, 0.15) is 24.0 Å². The molecule has 19 heavy (non-hydrogen) atoms. The van der Waals surface area contributed by atoms with E-state index in [1.807, 2.05) is 6.07 Å². The SMILES string of the molecule is Cc1cc(C#N)ccc1S(=O)(=O)NCC1CCCN1. The predicted molar refractivity (Wildman–Crippen MR) is 72.1 cm³/mol. The molecule has 5 nitrogen and oxygen atoms in total. The minimum Gasteiger partial charge on any atom is -0.313 e. The number of aryl methyl sites for hydroxylation is 1. The molecule has 0 radical (unpaired) electrons. The third kappa shape index (κ3) is 3.32. The molecule has 1 unspecified atom stereocenters. The maximum Gasteiger partial charge on any atom is 0.240 e. The second-order valence-corrected chi connectivity index (χ2v) is 6.47. The minimum absolute atomic E-state index is 0.216. The second kappa shape index (κ2) is 5.70. The third-order valence-corrected chi connectivity index (χ3v) is 4.86. The highest BCUT2D eigenvalue weighted by molar-refractivity contribution is 7.89. The van der Waals surface area contributed by atoms with Gasteiger partial charge in [-0.15, -0.1) is 0 Å². The average Bonchev–Trinajstić information content (AvgIpc) is 2.89. The van der Waals surface area contributed by atoms with E-state index in [1.165, 1.54) is 12.1 Å². The summed E-state index contributed by atoms with van der Waals surface area (Å²) in [5.41, 5.74) is 1.06. The van der Waals surface area contributed by atoms with Crippen LogP contribution in [0.3, 0.4) is 0 Å². The summed E-state index contributed by atoms with van der Waals surface area (Å²) >= 11 is 0. The van der Waals surface area contributed by atoms with E-state index < -0.39 is 10.0 Å². The van der Waals surface area contributed by atoms with Crippen molar-refractivity contribution in [1.29, 1.82) is 5.26 Å². The van der Waals surface area contributed by atoms with Crippen LogP contribution in [-0.4, -0.2) is 27.5 Å². The van der Waals surface area contributed by atoms with Crippen LogP contribution in [0.25, 0.3) is 0 Å². The van der Waals surface area contributed by atoms with Crippen LogP contribution in [0, 0.1) is 18.3 Å². The molecule has 0 bridgehead atoms. The molecule has 0 aliphatic carbocycles. The lowest BCUT2D eigenvalue weighted by molar-refractivity contribution is 0.551. The van der Waals surface area contributed by atoms with Crippen LogP contribution < -0.4 is 10.0 Å². The first-order valence-electron chi connectivity index (χ1n) is 6.27. The van der Waals surface area contributed by atoms with Crippen molar-refractivity contribution in [2.45, 2.75) is 30.7 Å². The first kappa shape index (κ1) is 14.0. The molecule has 102 valence electrons. The number of nitrogens with one attached hydrogen (secondary N) is 2. The fraction of sp³-hybridized carbons (Fsp3) is 0.462. The number of nitriles is 1. The van der Waals surface area contributed by atoms with Gasteiger partial charge >= 0.3 is 0 Å². The van der Waals surface area contributed by atoms with E-state index in [1.54, 1.807) is 13.0 Å². The van der Waals surface area contributed by atoms with Crippen LogP contribution in [-0.2, 0) is 10.0 Å². The quantitative estimate of drug-likeness (QED) is 0.858. The summed E-state index contributed by atoms with van der Waals surface area (Å²) in [5.74, 6) is 0. The van der Waals surface area contributed by atoms with E-state index in [9.17, 15) is 8.42 Å². The summed E-state index contributed by atoms with van der Waals surface area (Å²) in [5, 5.41) is 12.0. The van der Waals surface area contributed by atoms with Gasteiger partial charge in [-0.1, -0.05) is 0 Å². The lowest BCUT2D eigenvalue weighted by Gasteiger charge is -2.13. The summed E-state index contributed by atoms with van der Waals surface area (Å²) in [6.07, 6.45) is 2.08. The molecule has 1 aliphatic rings. The van der Waals surface area contributed by atoms with Gasteiger partial charge in [-0.3, -0.25) is 0 Å². The number of hydrogen-bond donors (Lipinski definition) is 2. The van der Waals surface area contributed by atoms with Gasteiger partial charge in [-0.2, -0.15) is 5.26 Å². The number of benzene rings is 1. The minimum atomic E-state index is -3.50. The van der Waals surface area contributed by atoms with Crippen molar-refractivity contribution < 1.29 is 8.42 Å². The highest BCUT2D eigenvalue weighted by atomic mass is 32.2. The Kier molecular flexibility index (Phi) is 4.20. The molecule has 0 amide bonds. The van der Waals surface area contributed by atoms with Crippen molar-refractivity contribution in [3.05, 3.63) is 29.3 Å². The number of rotatable bonds is 4. The molecule has 0 aromatic heterocycles. The fourth-order valence-electron chi connectivity index (χ4n) is 2.24. The maximum absolute atomic E-state index is 12.2. The Bertz CT molecular complexity index is 599. The van der Waals surface area contributed by atoms with Crippen LogP contribution >= 0.6 is 0 Å². The zero-order chi connectivity index (χ0) is 13.9. The first-order chi connectivity index (χ1) is 9.03. The molecule has 2 rings (SSSR count). The molecule has 1 saturated heterocycles. The van der Waals surface area contributed by atoms with Gasteiger partial charge in [0.15, 0.2) is 0 Å². The molecular weight excluding hydrogens is 262 g/mol. The topological polar surface area (TPSA) is 82.0 Å². The van der Waals surface area contributed by atoms with Gasteiger partial charge in [0.05, 0.1) is 16.5 Å². The molecule has 6 heteroatoms. The van der Waals surface area contributed by atoms with Gasteiger partial charge in [0.2, 0.25) is 10.0 Å². The number of sulfonamides is 1. The Balaban J connectivity index is 2.12. The summed E-state index contributed by atoms with van der Waals surface area (Å²) in [6, 6.07) is 6.81. The van der Waals surface area contributed by atoms with E-state index in [-0.39, 0.29) is 10.9 Å². The Morgan fingerprint density at radius 3 is 2.89 bits per heavy atom. The summed E-state index contributed by atoms with van der Waals surface area (Å²) in [6.45, 7) is 3.05. The van der Waals surface area contributed by atoms with E-state index in [0.717, 1.165) is 19.4 Å². The normalized spacial score (nSPS) is 19.3. The molecular formula is C13H17N3O2S. The van der Waals surface area contributed by atoms with E-state index in [0.29, 0.717) is 17.7 Å². The Morgan fingerprint density at radius 1 is 1.53 bits per heavy atom. The van der Waals surface area contributed by atoms with Gasteiger partial charge in [0.25, 0.3) is 0 Å². The van der Waals surface area contributed by atoms with Gasteiger partial charge in [-0.25, -0.2) is 13.1 Å². The van der Waals surface area contributed by atoms with Crippen LogP contribution in [0.4, 0.5) is 0 Å². The molecule has 1 aliphatic heterocycles. The number of nitrogens with zero attached hydrogens (tertiary/aromatic N) is 1. The third-order valence-electron chi connectivity index (χ3n) is 3.28. The smallest absolute Gasteiger partial charge is 0.240 e.